The number of unbranched alkanes of at least 4 members (excludes halogenated alkanes) is 2. The number of nitriles is 1. The summed E-state index contributed by atoms with van der Waals surface area (Å²) in [5.74, 6) is 0.476. The fourth-order valence-corrected chi connectivity index (χ4v) is 2.59. The van der Waals surface area contributed by atoms with Crippen molar-refractivity contribution in [1.82, 2.24) is 0 Å². The summed E-state index contributed by atoms with van der Waals surface area (Å²) < 4.78 is 11.3. The molecule has 21 heavy (non-hydrogen) atoms. The van der Waals surface area contributed by atoms with E-state index in [1.807, 2.05) is 0 Å². The molecule has 0 atom stereocenters. The average Bonchev–Trinajstić information content (AvgIpc) is 2.44. The number of esters is 1. The van der Waals surface area contributed by atoms with Gasteiger partial charge in [-0.1, -0.05) is 0 Å². The zero-order chi connectivity index (χ0) is 15.7. The third kappa shape index (κ3) is 6.21. The topological polar surface area (TPSA) is 85.3 Å². The quantitative estimate of drug-likeness (QED) is 0.312. The second kappa shape index (κ2) is 9.45. The van der Waals surface area contributed by atoms with Crippen molar-refractivity contribution in [3.8, 4) is 11.8 Å². The van der Waals surface area contributed by atoms with Gasteiger partial charge in [-0.25, -0.2) is 0 Å². The van der Waals surface area contributed by atoms with Gasteiger partial charge in [0.25, 0.3) is 0 Å². The summed E-state index contributed by atoms with van der Waals surface area (Å²) in [5, 5.41) is 8.85. The highest BCUT2D eigenvalue weighted by molar-refractivity contribution is 14.1. The van der Waals surface area contributed by atoms with Gasteiger partial charge in [-0.3, -0.25) is 4.79 Å². The SMILES string of the molecule is CCOC(=O)CCCCCOc1c(N)cc(C#N)cc1I. The van der Waals surface area contributed by atoms with Crippen molar-refractivity contribution in [2.75, 3.05) is 18.9 Å². The second-order valence-electron chi connectivity index (χ2n) is 4.45. The number of hydrogen-bond acceptors (Lipinski definition) is 5. The van der Waals surface area contributed by atoms with Crippen LogP contribution < -0.4 is 10.5 Å². The molecule has 2 N–H and O–H groups in total. The van der Waals surface area contributed by atoms with E-state index in [0.717, 1.165) is 22.8 Å². The number of ether oxygens (including phenoxy) is 2. The molecule has 0 aliphatic carbocycles. The van der Waals surface area contributed by atoms with Gasteiger partial charge in [0.1, 0.15) is 0 Å². The van der Waals surface area contributed by atoms with Crippen molar-refractivity contribution in [3.05, 3.63) is 21.3 Å². The van der Waals surface area contributed by atoms with E-state index >= 15 is 0 Å². The summed E-state index contributed by atoms with van der Waals surface area (Å²) in [6.45, 7) is 2.77. The minimum absolute atomic E-state index is 0.149. The number of anilines is 1. The number of nitrogen functional groups attached to an aromatic ring is 1. The number of nitrogens with zero attached hydrogens (tertiary/aromatic N) is 1. The maximum absolute atomic E-state index is 11.1. The minimum atomic E-state index is -0.149. The van der Waals surface area contributed by atoms with Gasteiger partial charge < -0.3 is 15.2 Å². The average molecular weight is 402 g/mol. The summed E-state index contributed by atoms with van der Waals surface area (Å²) in [6, 6.07) is 5.41. The highest BCUT2D eigenvalue weighted by Crippen LogP contribution is 2.29. The largest absolute Gasteiger partial charge is 0.490 e. The maximum atomic E-state index is 11.1. The molecule has 1 aromatic rings. The zero-order valence-corrected chi connectivity index (χ0v) is 14.2. The van der Waals surface area contributed by atoms with E-state index in [1.54, 1.807) is 19.1 Å². The first-order chi connectivity index (χ1) is 10.1. The highest BCUT2D eigenvalue weighted by Gasteiger charge is 2.08. The Morgan fingerprint density at radius 2 is 2.14 bits per heavy atom. The molecule has 0 radical (unpaired) electrons. The number of rotatable bonds is 8. The standard InChI is InChI=1S/C15H19IN2O3/c1-2-20-14(19)6-4-3-5-7-21-15-12(16)8-11(10-17)9-13(15)18/h8-9H,2-7,18H2,1H3. The number of benzene rings is 1. The van der Waals surface area contributed by atoms with E-state index in [9.17, 15) is 4.79 Å². The first-order valence-corrected chi connectivity index (χ1v) is 7.94. The molecule has 0 fully saturated rings. The van der Waals surface area contributed by atoms with Crippen molar-refractivity contribution in [3.63, 3.8) is 0 Å². The number of carbonyl (C=O) groups excluding carboxylic acids is 1. The van der Waals surface area contributed by atoms with Gasteiger partial charge in [0, 0.05) is 6.42 Å². The van der Waals surface area contributed by atoms with Crippen LogP contribution in [0.15, 0.2) is 12.1 Å². The molecule has 0 saturated heterocycles. The van der Waals surface area contributed by atoms with Gasteiger partial charge in [0.15, 0.2) is 5.75 Å². The monoisotopic (exact) mass is 402 g/mol. The third-order valence-corrected chi connectivity index (χ3v) is 3.58. The van der Waals surface area contributed by atoms with Gasteiger partial charge in [0.2, 0.25) is 0 Å². The number of nitrogens with two attached hydrogens (primary N) is 1. The first kappa shape index (κ1) is 17.6. The summed E-state index contributed by atoms with van der Waals surface area (Å²) in [5.41, 5.74) is 6.87. The van der Waals surface area contributed by atoms with Crippen LogP contribution in [0.25, 0.3) is 0 Å². The fraction of sp³-hybridized carbons (Fsp3) is 0.467. The number of hydrogen-bond donors (Lipinski definition) is 1. The van der Waals surface area contributed by atoms with E-state index in [-0.39, 0.29) is 5.97 Å². The Kier molecular flexibility index (Phi) is 7.90. The third-order valence-electron chi connectivity index (χ3n) is 2.78. The minimum Gasteiger partial charge on any atom is -0.490 e. The van der Waals surface area contributed by atoms with Crippen LogP contribution in [-0.4, -0.2) is 19.2 Å². The number of carbonyl (C=O) groups is 1. The Balaban J connectivity index is 2.31. The van der Waals surface area contributed by atoms with E-state index < -0.39 is 0 Å². The van der Waals surface area contributed by atoms with Crippen molar-refractivity contribution in [1.29, 1.82) is 5.26 Å². The number of halogens is 1. The smallest absolute Gasteiger partial charge is 0.305 e. The van der Waals surface area contributed by atoms with E-state index in [2.05, 4.69) is 28.7 Å². The lowest BCUT2D eigenvalue weighted by atomic mass is 10.2. The van der Waals surface area contributed by atoms with E-state index in [1.165, 1.54) is 0 Å². The Hall–Kier alpha value is -1.49. The van der Waals surface area contributed by atoms with Crippen LogP contribution >= 0.6 is 22.6 Å². The van der Waals surface area contributed by atoms with Crippen LogP contribution in [0.4, 0.5) is 5.69 Å². The molecule has 0 spiro atoms. The molecule has 0 aromatic heterocycles. The van der Waals surface area contributed by atoms with Gasteiger partial charge in [0.05, 0.1) is 34.1 Å². The molecule has 0 unspecified atom stereocenters. The fourth-order valence-electron chi connectivity index (χ4n) is 1.79. The Labute approximate surface area is 138 Å². The van der Waals surface area contributed by atoms with Crippen LogP contribution in [0.1, 0.15) is 38.2 Å². The van der Waals surface area contributed by atoms with Gasteiger partial charge in [-0.15, -0.1) is 0 Å². The second-order valence-corrected chi connectivity index (χ2v) is 5.61. The lowest BCUT2D eigenvalue weighted by Crippen LogP contribution is -2.05. The molecule has 0 amide bonds. The summed E-state index contributed by atoms with van der Waals surface area (Å²) in [7, 11) is 0. The molecule has 0 bridgehead atoms. The molecular formula is C15H19IN2O3. The van der Waals surface area contributed by atoms with Crippen LogP contribution in [0.5, 0.6) is 5.75 Å². The van der Waals surface area contributed by atoms with Gasteiger partial charge >= 0.3 is 5.97 Å². The van der Waals surface area contributed by atoms with Crippen LogP contribution in [0.3, 0.4) is 0 Å². The lowest BCUT2D eigenvalue weighted by molar-refractivity contribution is -0.143. The molecule has 0 heterocycles. The lowest BCUT2D eigenvalue weighted by Gasteiger charge is -2.11. The predicted octanol–water partition coefficient (Wildman–Crippen LogP) is 3.25. The van der Waals surface area contributed by atoms with E-state index in [0.29, 0.717) is 36.6 Å². The van der Waals surface area contributed by atoms with Gasteiger partial charge in [-0.2, -0.15) is 5.26 Å². The van der Waals surface area contributed by atoms with Crippen LogP contribution in [0, 0.1) is 14.9 Å². The molecule has 1 rings (SSSR count). The molecule has 114 valence electrons. The molecule has 0 saturated carbocycles. The molecular weight excluding hydrogens is 383 g/mol. The van der Waals surface area contributed by atoms with Crippen molar-refractivity contribution in [2.45, 2.75) is 32.6 Å². The normalized spacial score (nSPS) is 9.95. The van der Waals surface area contributed by atoms with Crippen LogP contribution in [0.2, 0.25) is 0 Å². The summed E-state index contributed by atoms with van der Waals surface area (Å²) in [4.78, 5) is 11.1. The zero-order valence-electron chi connectivity index (χ0n) is 12.0. The van der Waals surface area contributed by atoms with Crippen molar-refractivity contribution < 1.29 is 14.3 Å². The highest BCUT2D eigenvalue weighted by atomic mass is 127. The predicted molar refractivity (Wildman–Crippen MR) is 88.9 cm³/mol. The van der Waals surface area contributed by atoms with Crippen molar-refractivity contribution in [2.24, 2.45) is 0 Å². The van der Waals surface area contributed by atoms with Gasteiger partial charge in [-0.05, 0) is 60.9 Å². The molecule has 0 aliphatic rings. The Morgan fingerprint density at radius 1 is 1.38 bits per heavy atom. The summed E-state index contributed by atoms with van der Waals surface area (Å²) >= 11 is 2.10. The molecule has 5 nitrogen and oxygen atoms in total. The Morgan fingerprint density at radius 3 is 2.76 bits per heavy atom. The maximum Gasteiger partial charge on any atom is 0.305 e. The molecule has 0 aliphatic heterocycles. The van der Waals surface area contributed by atoms with E-state index in [4.69, 9.17) is 20.5 Å². The molecule has 1 aromatic carbocycles. The Bertz CT molecular complexity index is 503. The summed E-state index contributed by atoms with van der Waals surface area (Å²) in [6.07, 6.45) is 2.98. The first-order valence-electron chi connectivity index (χ1n) is 6.86. The van der Waals surface area contributed by atoms with Crippen molar-refractivity contribution >= 4 is 34.2 Å². The molecule has 6 heteroatoms. The van der Waals surface area contributed by atoms with Crippen LogP contribution in [-0.2, 0) is 9.53 Å².